The Hall–Kier alpha value is -3.71. The van der Waals surface area contributed by atoms with Crippen LogP contribution in [0.2, 0.25) is 0 Å². The number of aryl methyl sites for hydroxylation is 4. The number of H-pyrrole nitrogens is 1. The number of aromatic amines is 1. The molecule has 4 aromatic rings. The topological polar surface area (TPSA) is 91.8 Å². The molecule has 0 aliphatic carbocycles. The quantitative estimate of drug-likeness (QED) is 0.381. The summed E-state index contributed by atoms with van der Waals surface area (Å²) in [4.78, 5) is 33.6. The van der Waals surface area contributed by atoms with Gasteiger partial charge < -0.3 is 20.2 Å². The fraction of sp³-hybridized carbons (Fsp3) is 0.345. The van der Waals surface area contributed by atoms with E-state index >= 15 is 0 Å². The average molecular weight is 484 g/mol. The van der Waals surface area contributed by atoms with Crippen LogP contribution in [0.3, 0.4) is 0 Å². The second-order valence-corrected chi connectivity index (χ2v) is 9.81. The zero-order chi connectivity index (χ0) is 25.4. The molecule has 0 unspecified atom stereocenters. The SMILES string of the molecule is CCCn1cc(C)c2c(C(=O)NCc3c(C)cc(C)[nH]c3=O)cc(-c3cnc4c(c3)CNCC4)cc21. The summed E-state index contributed by atoms with van der Waals surface area (Å²) in [5, 5.41) is 7.38. The van der Waals surface area contributed by atoms with E-state index in [1.54, 1.807) is 0 Å². The Balaban J connectivity index is 1.58. The number of fused-ring (bicyclic) bond motifs is 2. The molecule has 1 amide bonds. The summed E-state index contributed by atoms with van der Waals surface area (Å²) in [5.74, 6) is -0.189. The van der Waals surface area contributed by atoms with Gasteiger partial charge in [-0.15, -0.1) is 0 Å². The predicted octanol–water partition coefficient (Wildman–Crippen LogP) is 4.30. The molecular formula is C29H33N5O2. The Morgan fingerprint density at radius 1 is 1.11 bits per heavy atom. The average Bonchev–Trinajstić information content (AvgIpc) is 3.17. The summed E-state index contributed by atoms with van der Waals surface area (Å²) < 4.78 is 2.23. The van der Waals surface area contributed by atoms with E-state index in [2.05, 4.69) is 45.4 Å². The Bertz CT molecular complexity index is 1530. The molecule has 0 spiro atoms. The molecule has 5 rings (SSSR count). The van der Waals surface area contributed by atoms with Crippen LogP contribution in [0.5, 0.6) is 0 Å². The molecule has 1 aromatic carbocycles. The van der Waals surface area contributed by atoms with Gasteiger partial charge in [0.05, 0.1) is 0 Å². The van der Waals surface area contributed by atoms with Gasteiger partial charge in [0.2, 0.25) is 0 Å². The molecule has 36 heavy (non-hydrogen) atoms. The fourth-order valence-corrected chi connectivity index (χ4v) is 5.28. The van der Waals surface area contributed by atoms with Gasteiger partial charge in [0, 0.05) is 84.0 Å². The van der Waals surface area contributed by atoms with Crippen LogP contribution in [0.15, 0.2) is 41.5 Å². The zero-order valence-corrected chi connectivity index (χ0v) is 21.4. The van der Waals surface area contributed by atoms with Crippen molar-refractivity contribution in [3.8, 4) is 11.1 Å². The molecule has 4 heterocycles. The molecule has 1 aliphatic heterocycles. The number of carbonyl (C=O) groups is 1. The van der Waals surface area contributed by atoms with Crippen LogP contribution < -0.4 is 16.2 Å². The van der Waals surface area contributed by atoms with Crippen LogP contribution in [0.25, 0.3) is 22.0 Å². The van der Waals surface area contributed by atoms with Gasteiger partial charge in [-0.05, 0) is 73.7 Å². The minimum Gasteiger partial charge on any atom is -0.348 e. The number of aromatic nitrogens is 3. The number of nitrogens with zero attached hydrogens (tertiary/aromatic N) is 2. The smallest absolute Gasteiger partial charge is 0.253 e. The fourth-order valence-electron chi connectivity index (χ4n) is 5.28. The van der Waals surface area contributed by atoms with Crippen molar-refractivity contribution in [2.45, 2.75) is 60.2 Å². The van der Waals surface area contributed by atoms with E-state index < -0.39 is 0 Å². The molecule has 3 aromatic heterocycles. The second-order valence-electron chi connectivity index (χ2n) is 9.81. The van der Waals surface area contributed by atoms with E-state index in [1.807, 2.05) is 39.1 Å². The normalized spacial score (nSPS) is 13.1. The van der Waals surface area contributed by atoms with E-state index in [9.17, 15) is 9.59 Å². The third-order valence-corrected chi connectivity index (χ3v) is 7.05. The summed E-state index contributed by atoms with van der Waals surface area (Å²) >= 11 is 0. The first-order chi connectivity index (χ1) is 17.4. The lowest BCUT2D eigenvalue weighted by Gasteiger charge is -2.17. The molecule has 0 saturated carbocycles. The number of nitrogens with one attached hydrogen (secondary N) is 3. The minimum atomic E-state index is -0.189. The van der Waals surface area contributed by atoms with Gasteiger partial charge in [-0.25, -0.2) is 0 Å². The van der Waals surface area contributed by atoms with Crippen molar-refractivity contribution >= 4 is 16.8 Å². The van der Waals surface area contributed by atoms with E-state index in [-0.39, 0.29) is 18.0 Å². The second kappa shape index (κ2) is 9.74. The van der Waals surface area contributed by atoms with Gasteiger partial charge in [-0.2, -0.15) is 0 Å². The Morgan fingerprint density at radius 2 is 1.94 bits per heavy atom. The van der Waals surface area contributed by atoms with Gasteiger partial charge in [-0.1, -0.05) is 6.92 Å². The van der Waals surface area contributed by atoms with Gasteiger partial charge in [0.15, 0.2) is 0 Å². The Kier molecular flexibility index (Phi) is 6.49. The molecule has 186 valence electrons. The van der Waals surface area contributed by atoms with Crippen molar-refractivity contribution in [1.29, 1.82) is 0 Å². The Labute approximate surface area is 211 Å². The number of hydrogen-bond acceptors (Lipinski definition) is 4. The molecule has 0 bridgehead atoms. The highest BCUT2D eigenvalue weighted by Crippen LogP contribution is 2.32. The monoisotopic (exact) mass is 483 g/mol. The minimum absolute atomic E-state index is 0.161. The van der Waals surface area contributed by atoms with Crippen molar-refractivity contribution in [1.82, 2.24) is 25.2 Å². The van der Waals surface area contributed by atoms with E-state index in [0.717, 1.165) is 77.0 Å². The van der Waals surface area contributed by atoms with E-state index in [1.165, 1.54) is 5.56 Å². The van der Waals surface area contributed by atoms with Gasteiger partial charge in [0.25, 0.3) is 11.5 Å². The summed E-state index contributed by atoms with van der Waals surface area (Å²) in [6.07, 6.45) is 5.97. The molecule has 3 N–H and O–H groups in total. The van der Waals surface area contributed by atoms with Gasteiger partial charge in [0.1, 0.15) is 0 Å². The molecule has 0 fully saturated rings. The lowest BCUT2D eigenvalue weighted by atomic mass is 9.96. The van der Waals surface area contributed by atoms with Crippen molar-refractivity contribution in [3.63, 3.8) is 0 Å². The van der Waals surface area contributed by atoms with Gasteiger partial charge in [-0.3, -0.25) is 14.6 Å². The van der Waals surface area contributed by atoms with Crippen LogP contribution >= 0.6 is 0 Å². The lowest BCUT2D eigenvalue weighted by Crippen LogP contribution is -2.28. The first-order valence-corrected chi connectivity index (χ1v) is 12.7. The van der Waals surface area contributed by atoms with E-state index in [4.69, 9.17) is 4.98 Å². The zero-order valence-electron chi connectivity index (χ0n) is 21.4. The van der Waals surface area contributed by atoms with E-state index in [0.29, 0.717) is 11.1 Å². The third kappa shape index (κ3) is 4.46. The number of hydrogen-bond donors (Lipinski definition) is 3. The molecule has 1 aliphatic rings. The van der Waals surface area contributed by atoms with Gasteiger partial charge >= 0.3 is 0 Å². The highest BCUT2D eigenvalue weighted by Gasteiger charge is 2.19. The molecule has 7 heteroatoms. The van der Waals surface area contributed by atoms with Crippen LogP contribution in [0.4, 0.5) is 0 Å². The van der Waals surface area contributed by atoms with Crippen molar-refractivity contribution in [2.24, 2.45) is 0 Å². The first-order valence-electron chi connectivity index (χ1n) is 12.7. The van der Waals surface area contributed by atoms with Crippen LogP contribution in [0.1, 0.15) is 57.3 Å². The molecule has 7 nitrogen and oxygen atoms in total. The maximum Gasteiger partial charge on any atom is 0.253 e. The van der Waals surface area contributed by atoms with Crippen molar-refractivity contribution in [2.75, 3.05) is 6.54 Å². The van der Waals surface area contributed by atoms with Crippen LogP contribution in [0, 0.1) is 20.8 Å². The maximum absolute atomic E-state index is 13.6. The largest absolute Gasteiger partial charge is 0.348 e. The molecule has 0 atom stereocenters. The number of pyridine rings is 2. The predicted molar refractivity (Wildman–Crippen MR) is 143 cm³/mol. The summed E-state index contributed by atoms with van der Waals surface area (Å²) in [6, 6.07) is 8.25. The first kappa shape index (κ1) is 24.0. The summed E-state index contributed by atoms with van der Waals surface area (Å²) in [6.45, 7) is 10.8. The molecule has 0 saturated heterocycles. The van der Waals surface area contributed by atoms with Crippen molar-refractivity contribution < 1.29 is 4.79 Å². The Morgan fingerprint density at radius 3 is 2.72 bits per heavy atom. The maximum atomic E-state index is 13.6. The van der Waals surface area contributed by atoms with Crippen LogP contribution in [-0.4, -0.2) is 27.0 Å². The molecule has 0 radical (unpaired) electrons. The number of carbonyl (C=O) groups excluding carboxylic acids is 1. The summed E-state index contributed by atoms with van der Waals surface area (Å²) in [5.41, 5.74) is 9.13. The lowest BCUT2D eigenvalue weighted by molar-refractivity contribution is 0.0952. The number of benzene rings is 1. The van der Waals surface area contributed by atoms with Crippen molar-refractivity contribution in [3.05, 3.63) is 86.2 Å². The number of rotatable bonds is 6. The molecular weight excluding hydrogens is 450 g/mol. The number of amides is 1. The highest BCUT2D eigenvalue weighted by molar-refractivity contribution is 6.09. The van der Waals surface area contributed by atoms with Crippen LogP contribution in [-0.2, 0) is 26.1 Å². The third-order valence-electron chi connectivity index (χ3n) is 7.05. The summed E-state index contributed by atoms with van der Waals surface area (Å²) in [7, 11) is 0. The highest BCUT2D eigenvalue weighted by atomic mass is 16.1. The standard InChI is InChI=1S/C29H33N5O2/c1-5-8-34-16-18(3)27-23(28(35)32-15-24-17(2)9-19(4)33-29(24)36)11-20(12-26(27)34)21-10-22-13-30-7-6-25(22)31-14-21/h9-12,14,16,30H,5-8,13,15H2,1-4H3,(H,32,35)(H,33,36).